The summed E-state index contributed by atoms with van der Waals surface area (Å²) in [5, 5.41) is 12.1. The van der Waals surface area contributed by atoms with Crippen LogP contribution in [0.25, 0.3) is 10.4 Å². The molecule has 0 spiro atoms. The molecule has 0 atom stereocenters. The first kappa shape index (κ1) is 15.0. The van der Waals surface area contributed by atoms with E-state index in [-0.39, 0.29) is 18.0 Å². The average Bonchev–Trinajstić information content (AvgIpc) is 2.38. The number of rotatable bonds is 6. The van der Waals surface area contributed by atoms with Gasteiger partial charge in [0.05, 0.1) is 16.5 Å². The SMILES string of the molecule is Cc1cc(S(=O)(=O)NCCCN=[N+]=[N-])ccc1C#N. The fourth-order valence-corrected chi connectivity index (χ4v) is 2.57. The van der Waals surface area contributed by atoms with Gasteiger partial charge < -0.3 is 0 Å². The smallest absolute Gasteiger partial charge is 0.211 e. The molecule has 100 valence electrons. The molecule has 1 aromatic rings. The Morgan fingerprint density at radius 2 is 2.26 bits per heavy atom. The molecular formula is C11H13N5O2S. The molecule has 19 heavy (non-hydrogen) atoms. The second-order valence-electron chi connectivity index (χ2n) is 3.79. The minimum atomic E-state index is -3.59. The molecule has 0 saturated carbocycles. The van der Waals surface area contributed by atoms with Crippen molar-refractivity contribution in [3.63, 3.8) is 0 Å². The minimum Gasteiger partial charge on any atom is -0.211 e. The van der Waals surface area contributed by atoms with Crippen LogP contribution in [0.5, 0.6) is 0 Å². The van der Waals surface area contributed by atoms with Crippen LogP contribution in [-0.2, 0) is 10.0 Å². The van der Waals surface area contributed by atoms with Gasteiger partial charge in [-0.25, -0.2) is 13.1 Å². The van der Waals surface area contributed by atoms with E-state index in [1.54, 1.807) is 6.92 Å². The van der Waals surface area contributed by atoms with E-state index in [9.17, 15) is 8.42 Å². The standard InChI is InChI=1S/C11H13N5O2S/c1-9-7-11(4-3-10(9)8-12)19(17,18)15-6-2-5-14-16-13/h3-4,7,15H,2,5-6H2,1H3. The third-order valence-electron chi connectivity index (χ3n) is 2.42. The first-order chi connectivity index (χ1) is 9.01. The Balaban J connectivity index is 2.75. The summed E-state index contributed by atoms with van der Waals surface area (Å²) in [6, 6.07) is 6.30. The van der Waals surface area contributed by atoms with Crippen LogP contribution in [0.15, 0.2) is 28.2 Å². The molecule has 0 aliphatic heterocycles. The molecule has 0 bridgehead atoms. The zero-order valence-corrected chi connectivity index (χ0v) is 11.2. The van der Waals surface area contributed by atoms with E-state index in [0.717, 1.165) is 0 Å². The highest BCUT2D eigenvalue weighted by molar-refractivity contribution is 7.89. The van der Waals surface area contributed by atoms with E-state index in [2.05, 4.69) is 14.7 Å². The summed E-state index contributed by atoms with van der Waals surface area (Å²) >= 11 is 0. The maximum atomic E-state index is 11.9. The number of nitrogens with zero attached hydrogens (tertiary/aromatic N) is 4. The van der Waals surface area contributed by atoms with E-state index >= 15 is 0 Å². The Morgan fingerprint density at radius 1 is 1.53 bits per heavy atom. The monoisotopic (exact) mass is 279 g/mol. The van der Waals surface area contributed by atoms with Crippen molar-refractivity contribution in [1.29, 1.82) is 5.26 Å². The Morgan fingerprint density at radius 3 is 2.84 bits per heavy atom. The van der Waals surface area contributed by atoms with Gasteiger partial charge >= 0.3 is 0 Å². The van der Waals surface area contributed by atoms with Gasteiger partial charge in [0.2, 0.25) is 10.0 Å². The lowest BCUT2D eigenvalue weighted by Gasteiger charge is -2.07. The fraction of sp³-hybridized carbons (Fsp3) is 0.364. The molecular weight excluding hydrogens is 266 g/mol. The summed E-state index contributed by atoms with van der Waals surface area (Å²) < 4.78 is 26.2. The van der Waals surface area contributed by atoms with Crippen molar-refractivity contribution in [1.82, 2.24) is 4.72 Å². The van der Waals surface area contributed by atoms with Gasteiger partial charge in [-0.05, 0) is 42.6 Å². The predicted molar refractivity (Wildman–Crippen MR) is 69.7 cm³/mol. The van der Waals surface area contributed by atoms with Crippen LogP contribution < -0.4 is 4.72 Å². The quantitative estimate of drug-likeness (QED) is 0.370. The molecule has 8 heteroatoms. The molecule has 0 aliphatic carbocycles. The Bertz CT molecular complexity index is 642. The largest absolute Gasteiger partial charge is 0.240 e. The minimum absolute atomic E-state index is 0.118. The van der Waals surface area contributed by atoms with Crippen molar-refractivity contribution in [3.05, 3.63) is 39.8 Å². The summed E-state index contributed by atoms with van der Waals surface area (Å²) in [7, 11) is -3.59. The molecule has 0 aromatic heterocycles. The molecule has 0 fully saturated rings. The van der Waals surface area contributed by atoms with Crippen molar-refractivity contribution >= 4 is 10.0 Å². The number of sulfonamides is 1. The van der Waals surface area contributed by atoms with Gasteiger partial charge in [0.1, 0.15) is 0 Å². The summed E-state index contributed by atoms with van der Waals surface area (Å²) in [5.74, 6) is 0. The third kappa shape index (κ3) is 4.26. The lowest BCUT2D eigenvalue weighted by atomic mass is 10.1. The first-order valence-electron chi connectivity index (χ1n) is 5.52. The van der Waals surface area contributed by atoms with Gasteiger partial charge in [-0.1, -0.05) is 5.11 Å². The molecule has 0 saturated heterocycles. The number of hydrogen-bond acceptors (Lipinski definition) is 4. The zero-order valence-electron chi connectivity index (χ0n) is 10.4. The lowest BCUT2D eigenvalue weighted by Crippen LogP contribution is -2.25. The molecule has 0 unspecified atom stereocenters. The highest BCUT2D eigenvalue weighted by Gasteiger charge is 2.14. The Kier molecular flexibility index (Phi) is 5.33. The van der Waals surface area contributed by atoms with Crippen molar-refractivity contribution in [2.24, 2.45) is 5.11 Å². The summed E-state index contributed by atoms with van der Waals surface area (Å²) in [5.41, 5.74) is 9.13. The average molecular weight is 279 g/mol. The summed E-state index contributed by atoms with van der Waals surface area (Å²) in [6.07, 6.45) is 0.429. The maximum absolute atomic E-state index is 11.9. The van der Waals surface area contributed by atoms with Gasteiger partial charge in [0.25, 0.3) is 0 Å². The van der Waals surface area contributed by atoms with Crippen LogP contribution in [0.2, 0.25) is 0 Å². The topological polar surface area (TPSA) is 119 Å². The number of nitrogens with one attached hydrogen (secondary N) is 1. The van der Waals surface area contributed by atoms with Crippen LogP contribution in [0, 0.1) is 18.3 Å². The molecule has 0 heterocycles. The lowest BCUT2D eigenvalue weighted by molar-refractivity contribution is 0.579. The highest BCUT2D eigenvalue weighted by Crippen LogP contribution is 2.14. The molecule has 0 aliphatic rings. The second-order valence-corrected chi connectivity index (χ2v) is 5.56. The fourth-order valence-electron chi connectivity index (χ4n) is 1.41. The first-order valence-corrected chi connectivity index (χ1v) is 7.01. The second kappa shape index (κ2) is 6.75. The molecule has 1 N–H and O–H groups in total. The van der Waals surface area contributed by atoms with Gasteiger partial charge in [-0.15, -0.1) is 0 Å². The molecule has 0 radical (unpaired) electrons. The zero-order chi connectivity index (χ0) is 14.3. The number of nitriles is 1. The Labute approximate surface area is 111 Å². The summed E-state index contributed by atoms with van der Waals surface area (Å²) in [4.78, 5) is 2.69. The van der Waals surface area contributed by atoms with Crippen molar-refractivity contribution in [2.45, 2.75) is 18.2 Å². The van der Waals surface area contributed by atoms with Crippen molar-refractivity contribution in [2.75, 3.05) is 13.1 Å². The van der Waals surface area contributed by atoms with Gasteiger partial charge in [0, 0.05) is 18.0 Å². The van der Waals surface area contributed by atoms with Gasteiger partial charge in [-0.3, -0.25) is 0 Å². The number of azide groups is 1. The van der Waals surface area contributed by atoms with E-state index in [1.165, 1.54) is 18.2 Å². The highest BCUT2D eigenvalue weighted by atomic mass is 32.2. The van der Waals surface area contributed by atoms with Crippen molar-refractivity contribution < 1.29 is 8.42 Å². The van der Waals surface area contributed by atoms with Crippen LogP contribution in [-0.4, -0.2) is 21.5 Å². The predicted octanol–water partition coefficient (Wildman–Crippen LogP) is 1.85. The van der Waals surface area contributed by atoms with Crippen LogP contribution in [0.1, 0.15) is 17.5 Å². The molecule has 1 rings (SSSR count). The van der Waals surface area contributed by atoms with Gasteiger partial charge in [-0.2, -0.15) is 5.26 Å². The van der Waals surface area contributed by atoms with E-state index < -0.39 is 10.0 Å². The normalized spacial score (nSPS) is 10.5. The van der Waals surface area contributed by atoms with E-state index in [0.29, 0.717) is 17.5 Å². The molecule has 7 nitrogen and oxygen atoms in total. The van der Waals surface area contributed by atoms with E-state index in [4.69, 9.17) is 10.8 Å². The van der Waals surface area contributed by atoms with Crippen LogP contribution >= 0.6 is 0 Å². The van der Waals surface area contributed by atoms with E-state index in [1.807, 2.05) is 6.07 Å². The Hall–Kier alpha value is -2.07. The molecule has 0 amide bonds. The number of benzene rings is 1. The summed E-state index contributed by atoms with van der Waals surface area (Å²) in [6.45, 7) is 2.12. The number of aryl methyl sites for hydroxylation is 1. The van der Waals surface area contributed by atoms with Crippen LogP contribution in [0.3, 0.4) is 0 Å². The third-order valence-corrected chi connectivity index (χ3v) is 3.88. The molecule has 1 aromatic carbocycles. The van der Waals surface area contributed by atoms with Gasteiger partial charge in [0.15, 0.2) is 0 Å². The van der Waals surface area contributed by atoms with Crippen LogP contribution in [0.4, 0.5) is 0 Å². The maximum Gasteiger partial charge on any atom is 0.240 e. The van der Waals surface area contributed by atoms with Crippen molar-refractivity contribution in [3.8, 4) is 6.07 Å². The number of hydrogen-bond donors (Lipinski definition) is 1.